The lowest BCUT2D eigenvalue weighted by molar-refractivity contribution is -0.132. The van der Waals surface area contributed by atoms with Crippen LogP contribution in [0.3, 0.4) is 0 Å². The largest absolute Gasteiger partial charge is 0.482 e. The molecule has 157 valence electrons. The highest BCUT2D eigenvalue weighted by molar-refractivity contribution is 6.10. The second kappa shape index (κ2) is 11.3. The van der Waals surface area contributed by atoms with Gasteiger partial charge in [0.2, 0.25) is 5.78 Å². The second-order valence-corrected chi connectivity index (χ2v) is 6.29. The van der Waals surface area contributed by atoms with Crippen LogP contribution in [0.25, 0.3) is 0 Å². The van der Waals surface area contributed by atoms with Gasteiger partial charge in [-0.3, -0.25) is 14.5 Å². The number of aliphatic hydroxyl groups is 1. The van der Waals surface area contributed by atoms with Crippen LogP contribution >= 0.6 is 0 Å². The average Bonchev–Trinajstić information content (AvgIpc) is 2.75. The Balaban J connectivity index is 1.97. The molecule has 2 N–H and O–H groups in total. The molecule has 1 atom stereocenters. The highest BCUT2D eigenvalue weighted by Gasteiger charge is 2.26. The summed E-state index contributed by atoms with van der Waals surface area (Å²) in [5, 5.41) is 16.8. The van der Waals surface area contributed by atoms with E-state index in [4.69, 9.17) is 14.2 Å². The van der Waals surface area contributed by atoms with Crippen LogP contribution in [-0.2, 0) is 30.4 Å². The molecule has 9 heteroatoms. The van der Waals surface area contributed by atoms with Crippen molar-refractivity contribution in [2.24, 2.45) is 0 Å². The van der Waals surface area contributed by atoms with Crippen LogP contribution < -0.4 is 10.6 Å². The zero-order valence-electron chi connectivity index (χ0n) is 16.7. The van der Waals surface area contributed by atoms with Gasteiger partial charge in [0.15, 0.2) is 17.7 Å². The quantitative estimate of drug-likeness (QED) is 0.503. The van der Waals surface area contributed by atoms with E-state index in [1.165, 1.54) is 26.5 Å². The fourth-order valence-electron chi connectivity index (χ4n) is 2.49. The molecule has 0 fully saturated rings. The number of allylic oxidation sites excluding steroid dienone is 1. The van der Waals surface area contributed by atoms with Crippen LogP contribution in [0.5, 0.6) is 0 Å². The van der Waals surface area contributed by atoms with E-state index in [1.807, 2.05) is 30.3 Å². The molecule has 0 saturated heterocycles. The highest BCUT2D eigenvalue weighted by Crippen LogP contribution is 2.15. The Morgan fingerprint density at radius 1 is 1.24 bits per heavy atom. The molecule has 1 aliphatic rings. The molecule has 1 aromatic carbocycles. The Labute approximate surface area is 169 Å². The number of benzene rings is 1. The van der Waals surface area contributed by atoms with E-state index in [2.05, 4.69) is 10.6 Å². The third-order valence-electron chi connectivity index (χ3n) is 4.23. The van der Waals surface area contributed by atoms with Gasteiger partial charge in [-0.25, -0.2) is 5.32 Å². The fourth-order valence-corrected chi connectivity index (χ4v) is 2.49. The van der Waals surface area contributed by atoms with Gasteiger partial charge in [-0.15, -0.1) is 0 Å². The Hall–Kier alpha value is -2.72. The van der Waals surface area contributed by atoms with Crippen molar-refractivity contribution in [2.45, 2.75) is 19.1 Å². The summed E-state index contributed by atoms with van der Waals surface area (Å²) >= 11 is 0. The van der Waals surface area contributed by atoms with Gasteiger partial charge in [0, 0.05) is 26.5 Å². The molecule has 1 radical (unpaired) electrons. The van der Waals surface area contributed by atoms with E-state index in [0.29, 0.717) is 6.54 Å². The number of amides is 1. The molecule has 0 spiro atoms. The number of nitrogens with zero attached hydrogens (tertiary/aromatic N) is 2. The van der Waals surface area contributed by atoms with E-state index in [1.54, 1.807) is 11.9 Å². The lowest BCUT2D eigenvalue weighted by atomic mass is 10.2. The van der Waals surface area contributed by atoms with Crippen molar-refractivity contribution in [3.63, 3.8) is 0 Å². The van der Waals surface area contributed by atoms with Crippen LogP contribution in [-0.4, -0.2) is 68.6 Å². The first-order chi connectivity index (χ1) is 14.0. The number of hydrogen-bond acceptors (Lipinski definition) is 7. The molecule has 0 aromatic heterocycles. The molecule has 9 nitrogen and oxygen atoms in total. The lowest BCUT2D eigenvalue weighted by Crippen LogP contribution is -2.46. The summed E-state index contributed by atoms with van der Waals surface area (Å²) < 4.78 is 15.7. The number of aliphatic hydroxyl groups excluding tert-OH is 1. The van der Waals surface area contributed by atoms with E-state index < -0.39 is 24.2 Å². The van der Waals surface area contributed by atoms with E-state index >= 15 is 0 Å². The molecule has 0 saturated carbocycles. The van der Waals surface area contributed by atoms with Crippen molar-refractivity contribution in [3.05, 3.63) is 59.6 Å². The zero-order valence-corrected chi connectivity index (χ0v) is 16.7. The van der Waals surface area contributed by atoms with Crippen LogP contribution in [0, 0.1) is 0 Å². The maximum absolute atomic E-state index is 12.5. The number of methoxy groups -OCH3 is 2. The first kappa shape index (κ1) is 22.6. The molecular weight excluding hydrogens is 378 g/mol. The van der Waals surface area contributed by atoms with Crippen molar-refractivity contribution in [1.29, 1.82) is 0 Å². The average molecular weight is 404 g/mol. The molecule has 1 unspecified atom stereocenters. The number of nitrogens with one attached hydrogen (secondary N) is 1. The highest BCUT2D eigenvalue weighted by atomic mass is 16.7. The molecular formula is C20H26N3O6. The number of hydrogen-bond donors (Lipinski definition) is 2. The Morgan fingerprint density at radius 2 is 1.93 bits per heavy atom. The molecule has 29 heavy (non-hydrogen) atoms. The second-order valence-electron chi connectivity index (χ2n) is 6.29. The van der Waals surface area contributed by atoms with Gasteiger partial charge in [0.05, 0.1) is 13.1 Å². The molecule has 1 heterocycles. The summed E-state index contributed by atoms with van der Waals surface area (Å²) in [6, 6.07) is 9.27. The van der Waals surface area contributed by atoms with Crippen molar-refractivity contribution in [3.8, 4) is 0 Å². The van der Waals surface area contributed by atoms with E-state index in [9.17, 15) is 14.7 Å². The lowest BCUT2D eigenvalue weighted by Gasteiger charge is -2.27. The molecule has 1 aliphatic heterocycles. The summed E-state index contributed by atoms with van der Waals surface area (Å²) in [5.41, 5.74) is 0.722. The predicted molar refractivity (Wildman–Crippen MR) is 104 cm³/mol. The summed E-state index contributed by atoms with van der Waals surface area (Å²) in [6.07, 6.45) is 0.977. The molecule has 1 amide bonds. The van der Waals surface area contributed by atoms with Gasteiger partial charge < -0.3 is 24.6 Å². The SMILES string of the molecule is COC(CN(C)C(O)CNC(=O)C1=C(OCc2ccccc2)C(=O)C=C[N]1)OC. The molecule has 1 aromatic rings. The summed E-state index contributed by atoms with van der Waals surface area (Å²) in [6.45, 7) is 0.338. The third kappa shape index (κ3) is 6.68. The number of carbonyl (C=O) groups excluding carboxylic acids is 2. The molecule has 0 bridgehead atoms. The minimum Gasteiger partial charge on any atom is -0.482 e. The number of ether oxygens (including phenoxy) is 3. The van der Waals surface area contributed by atoms with Crippen molar-refractivity contribution in [1.82, 2.24) is 15.5 Å². The summed E-state index contributed by atoms with van der Waals surface area (Å²) in [5.74, 6) is -1.19. The maximum Gasteiger partial charge on any atom is 0.274 e. The molecule has 0 aliphatic carbocycles. The van der Waals surface area contributed by atoms with Gasteiger partial charge in [-0.1, -0.05) is 30.3 Å². The smallest absolute Gasteiger partial charge is 0.274 e. The Kier molecular flexibility index (Phi) is 8.81. The first-order valence-electron chi connectivity index (χ1n) is 9.01. The molecule has 2 rings (SSSR count). The van der Waals surface area contributed by atoms with Gasteiger partial charge in [0.1, 0.15) is 12.8 Å². The minimum atomic E-state index is -0.990. The van der Waals surface area contributed by atoms with Gasteiger partial charge in [-0.05, 0) is 12.6 Å². The van der Waals surface area contributed by atoms with Crippen molar-refractivity contribution in [2.75, 3.05) is 34.4 Å². The maximum atomic E-state index is 12.5. The first-order valence-corrected chi connectivity index (χ1v) is 9.01. The number of ketones is 1. The van der Waals surface area contributed by atoms with Crippen LogP contribution in [0.15, 0.2) is 54.1 Å². The Bertz CT molecular complexity index is 746. The van der Waals surface area contributed by atoms with Gasteiger partial charge in [-0.2, -0.15) is 0 Å². The van der Waals surface area contributed by atoms with Gasteiger partial charge >= 0.3 is 0 Å². The fraction of sp³-hybridized carbons (Fsp3) is 0.400. The van der Waals surface area contributed by atoms with Crippen LogP contribution in [0.2, 0.25) is 0 Å². The number of likely N-dealkylation sites (N-methyl/N-ethyl adjacent to an activating group) is 1. The number of carbonyl (C=O) groups is 2. The van der Waals surface area contributed by atoms with Crippen LogP contribution in [0.1, 0.15) is 5.56 Å². The van der Waals surface area contributed by atoms with Crippen molar-refractivity contribution >= 4 is 11.7 Å². The Morgan fingerprint density at radius 3 is 2.59 bits per heavy atom. The van der Waals surface area contributed by atoms with E-state index in [0.717, 1.165) is 5.56 Å². The normalized spacial score (nSPS) is 14.9. The topological polar surface area (TPSA) is 111 Å². The monoisotopic (exact) mass is 404 g/mol. The third-order valence-corrected chi connectivity index (χ3v) is 4.23. The standard InChI is InChI=1S/C20H26N3O6/c1-23(12-17(27-2)28-3)16(25)11-22-20(26)18-19(15(24)9-10-21-18)29-13-14-7-5-4-6-8-14/h4-10,16-17,25H,11-13H2,1-3H3,(H,22,26). The van der Waals surface area contributed by atoms with Gasteiger partial charge in [0.25, 0.3) is 5.91 Å². The summed E-state index contributed by atoms with van der Waals surface area (Å²) in [7, 11) is 4.65. The zero-order chi connectivity index (χ0) is 21.2. The van der Waals surface area contributed by atoms with Crippen LogP contribution in [0.4, 0.5) is 0 Å². The predicted octanol–water partition coefficient (Wildman–Crippen LogP) is 0.101. The summed E-state index contributed by atoms with van der Waals surface area (Å²) in [4.78, 5) is 26.2. The van der Waals surface area contributed by atoms with E-state index in [-0.39, 0.29) is 24.6 Å². The minimum absolute atomic E-state index is 0.0849. The number of rotatable bonds is 11. The van der Waals surface area contributed by atoms with Crippen molar-refractivity contribution < 1.29 is 28.9 Å².